The monoisotopic (exact) mass is 123 g/mol. The van der Waals surface area contributed by atoms with Crippen LogP contribution in [0.15, 0.2) is 24.3 Å². The van der Waals surface area contributed by atoms with Gasteiger partial charge in [-0.3, -0.25) is 0 Å². The van der Waals surface area contributed by atoms with Gasteiger partial charge in [0.05, 0.1) is 0 Å². The van der Waals surface area contributed by atoms with Crippen LogP contribution in [0, 0.1) is 0 Å². The molecule has 0 atom stereocenters. The van der Waals surface area contributed by atoms with Crippen LogP contribution in [0.25, 0.3) is 0 Å². The largest absolute Gasteiger partial charge is 0.341 e. The molecule has 1 N–H and O–H groups in total. The van der Waals surface area contributed by atoms with Gasteiger partial charge in [-0.05, 0) is 7.05 Å². The molecule has 8 heavy (non-hydrogen) atoms. The van der Waals surface area contributed by atoms with E-state index < -0.39 is 0 Å². The Bertz CT molecular complexity index is 106. The lowest BCUT2D eigenvalue weighted by molar-refractivity contribution is 1.19. The van der Waals surface area contributed by atoms with E-state index in [0.717, 1.165) is 9.68 Å². The van der Waals surface area contributed by atoms with Gasteiger partial charge in [0.25, 0.3) is 0 Å². The minimum absolute atomic E-state index is 0.667. The molecule has 0 spiro atoms. The molecule has 2 heteroatoms. The van der Waals surface area contributed by atoms with Crippen LogP contribution in [0.3, 0.4) is 0 Å². The average Bonchev–Trinajstić information content (AvgIpc) is 2.19. The highest BCUT2D eigenvalue weighted by Gasteiger charge is 2.01. The zero-order valence-electron chi connectivity index (χ0n) is 4.89. The maximum absolute atomic E-state index is 3.13. The highest BCUT2D eigenvalue weighted by Crippen LogP contribution is 2.11. The van der Waals surface area contributed by atoms with E-state index in [1.165, 1.54) is 0 Å². The lowest BCUT2D eigenvalue weighted by atomic mass is 10.5. The lowest BCUT2D eigenvalue weighted by Gasteiger charge is -1.97. The van der Waals surface area contributed by atoms with Crippen molar-refractivity contribution in [1.29, 1.82) is 0 Å². The van der Waals surface area contributed by atoms with Crippen LogP contribution in [0.1, 0.15) is 0 Å². The highest BCUT2D eigenvalue weighted by molar-refractivity contribution is 6.36. The molecule has 0 aromatic carbocycles. The lowest BCUT2D eigenvalue weighted by Crippen LogP contribution is -2.15. The SMILES string of the molecule is CN[Si]C1C=CC=C1. The summed E-state index contributed by atoms with van der Waals surface area (Å²) in [6.07, 6.45) is 8.59. The molecule has 0 amide bonds. The first-order valence-electron chi connectivity index (χ1n) is 2.71. The van der Waals surface area contributed by atoms with E-state index in [1.54, 1.807) is 0 Å². The Kier molecular flexibility index (Phi) is 2.06. The normalized spacial score (nSPS) is 18.1. The van der Waals surface area contributed by atoms with Gasteiger partial charge in [0.1, 0.15) is 0 Å². The van der Waals surface area contributed by atoms with Gasteiger partial charge in [0, 0.05) is 5.54 Å². The minimum atomic E-state index is 0.667. The van der Waals surface area contributed by atoms with E-state index in [0.29, 0.717) is 5.54 Å². The van der Waals surface area contributed by atoms with Crippen LogP contribution >= 0.6 is 0 Å². The van der Waals surface area contributed by atoms with Crippen LogP contribution in [-0.2, 0) is 0 Å². The Balaban J connectivity index is 2.27. The predicted octanol–water partition coefficient (Wildman–Crippen LogP) is 0.740. The van der Waals surface area contributed by atoms with Crippen molar-refractivity contribution in [2.24, 2.45) is 0 Å². The molecule has 0 aliphatic heterocycles. The van der Waals surface area contributed by atoms with Gasteiger partial charge < -0.3 is 4.98 Å². The molecular weight excluding hydrogens is 114 g/mol. The quantitative estimate of drug-likeness (QED) is 0.534. The fraction of sp³-hybridized carbons (Fsp3) is 0.333. The first kappa shape index (κ1) is 5.79. The van der Waals surface area contributed by atoms with Crippen molar-refractivity contribution in [3.05, 3.63) is 24.3 Å². The first-order chi connectivity index (χ1) is 3.93. The third kappa shape index (κ3) is 1.32. The van der Waals surface area contributed by atoms with Gasteiger partial charge in [0.15, 0.2) is 9.68 Å². The topological polar surface area (TPSA) is 12.0 Å². The number of allylic oxidation sites excluding steroid dienone is 4. The summed E-state index contributed by atoms with van der Waals surface area (Å²) in [5.41, 5.74) is 0.667. The van der Waals surface area contributed by atoms with Gasteiger partial charge >= 0.3 is 0 Å². The van der Waals surface area contributed by atoms with E-state index >= 15 is 0 Å². The molecule has 0 saturated heterocycles. The molecule has 1 aliphatic rings. The van der Waals surface area contributed by atoms with Gasteiger partial charge in [-0.2, -0.15) is 0 Å². The van der Waals surface area contributed by atoms with Gasteiger partial charge in [-0.1, -0.05) is 24.3 Å². The predicted molar refractivity (Wildman–Crippen MR) is 36.8 cm³/mol. The molecule has 0 bridgehead atoms. The fourth-order valence-corrected chi connectivity index (χ4v) is 1.44. The Hall–Kier alpha value is -0.343. The van der Waals surface area contributed by atoms with Crippen LogP contribution in [0.2, 0.25) is 5.54 Å². The molecule has 0 fully saturated rings. The number of rotatable bonds is 2. The fourth-order valence-electron chi connectivity index (χ4n) is 0.695. The minimum Gasteiger partial charge on any atom is -0.341 e. The average molecular weight is 123 g/mol. The molecule has 0 aromatic heterocycles. The zero-order valence-corrected chi connectivity index (χ0v) is 5.89. The molecule has 1 nitrogen and oxygen atoms in total. The van der Waals surface area contributed by atoms with E-state index in [1.807, 2.05) is 7.05 Å². The van der Waals surface area contributed by atoms with Crippen molar-refractivity contribution in [1.82, 2.24) is 4.98 Å². The molecule has 0 saturated carbocycles. The Labute approximate surface area is 52.4 Å². The summed E-state index contributed by atoms with van der Waals surface area (Å²) >= 11 is 0. The Morgan fingerprint density at radius 1 is 1.38 bits per heavy atom. The second-order valence-electron chi connectivity index (χ2n) is 1.69. The maximum atomic E-state index is 3.13. The van der Waals surface area contributed by atoms with E-state index in [9.17, 15) is 0 Å². The summed E-state index contributed by atoms with van der Waals surface area (Å²) in [6, 6.07) is 0. The van der Waals surface area contributed by atoms with E-state index in [4.69, 9.17) is 0 Å². The van der Waals surface area contributed by atoms with Crippen molar-refractivity contribution in [2.45, 2.75) is 5.54 Å². The van der Waals surface area contributed by atoms with Crippen molar-refractivity contribution < 1.29 is 0 Å². The van der Waals surface area contributed by atoms with Crippen molar-refractivity contribution in [3.8, 4) is 0 Å². The van der Waals surface area contributed by atoms with Crippen molar-refractivity contribution in [2.75, 3.05) is 7.05 Å². The van der Waals surface area contributed by atoms with Crippen molar-refractivity contribution in [3.63, 3.8) is 0 Å². The molecule has 0 heterocycles. The third-order valence-corrected chi connectivity index (χ3v) is 2.07. The molecule has 0 aromatic rings. The van der Waals surface area contributed by atoms with Crippen LogP contribution in [0.5, 0.6) is 0 Å². The van der Waals surface area contributed by atoms with Crippen LogP contribution in [-0.4, -0.2) is 16.7 Å². The molecule has 0 unspecified atom stereocenters. The molecule has 1 rings (SSSR count). The summed E-state index contributed by atoms with van der Waals surface area (Å²) in [5, 5.41) is 0. The summed E-state index contributed by atoms with van der Waals surface area (Å²) < 4.78 is 0. The van der Waals surface area contributed by atoms with Crippen LogP contribution < -0.4 is 4.98 Å². The number of hydrogen-bond acceptors (Lipinski definition) is 1. The zero-order chi connectivity index (χ0) is 5.82. The molecule has 42 valence electrons. The summed E-state index contributed by atoms with van der Waals surface area (Å²) in [6.45, 7) is 0. The summed E-state index contributed by atoms with van der Waals surface area (Å²) in [7, 11) is 2.83. The van der Waals surface area contributed by atoms with Crippen molar-refractivity contribution >= 4 is 9.68 Å². The molecule has 2 radical (unpaired) electrons. The number of nitrogens with one attached hydrogen (secondary N) is 1. The number of hydrogen-bond donors (Lipinski definition) is 1. The Morgan fingerprint density at radius 3 is 2.50 bits per heavy atom. The Morgan fingerprint density at radius 2 is 2.00 bits per heavy atom. The summed E-state index contributed by atoms with van der Waals surface area (Å²) in [4.78, 5) is 3.13. The second-order valence-corrected chi connectivity index (χ2v) is 3.15. The van der Waals surface area contributed by atoms with Gasteiger partial charge in [-0.15, -0.1) is 0 Å². The van der Waals surface area contributed by atoms with Crippen LogP contribution in [0.4, 0.5) is 0 Å². The second kappa shape index (κ2) is 2.84. The smallest absolute Gasteiger partial charge is 0.150 e. The first-order valence-corrected chi connectivity index (χ1v) is 3.78. The van der Waals surface area contributed by atoms with E-state index in [-0.39, 0.29) is 0 Å². The maximum Gasteiger partial charge on any atom is 0.150 e. The van der Waals surface area contributed by atoms with Gasteiger partial charge in [0.2, 0.25) is 0 Å². The molecular formula is C6H9NSi. The highest BCUT2D eigenvalue weighted by atomic mass is 28.2. The van der Waals surface area contributed by atoms with E-state index in [2.05, 4.69) is 29.3 Å². The standard InChI is InChI=1S/C6H9NSi/c1-7-8-6-4-2-3-5-6/h2-7H,1H3. The molecule has 1 aliphatic carbocycles. The summed E-state index contributed by atoms with van der Waals surface area (Å²) in [5.74, 6) is 0. The van der Waals surface area contributed by atoms with Gasteiger partial charge in [-0.25, -0.2) is 0 Å². The third-order valence-electron chi connectivity index (χ3n) is 1.06.